The van der Waals surface area contributed by atoms with Crippen LogP contribution in [0.3, 0.4) is 0 Å². The van der Waals surface area contributed by atoms with Gasteiger partial charge in [0.2, 0.25) is 0 Å². The average molecular weight is 328 g/mol. The first kappa shape index (κ1) is 17.9. The van der Waals surface area contributed by atoms with Crippen molar-refractivity contribution in [1.29, 1.82) is 0 Å². The molecule has 0 amide bonds. The lowest BCUT2D eigenvalue weighted by Gasteiger charge is -2.12. The molecule has 0 aliphatic heterocycles. The molecule has 1 atom stereocenters. The van der Waals surface area contributed by atoms with Gasteiger partial charge in [-0.15, -0.1) is 0 Å². The number of carbonyl (C=O) groups excluding carboxylic acids is 1. The zero-order valence-corrected chi connectivity index (χ0v) is 14.2. The molecule has 4 nitrogen and oxygen atoms in total. The molecule has 4 heteroatoms. The fourth-order valence-electron chi connectivity index (χ4n) is 2.73. The Balaban J connectivity index is 2.02. The van der Waals surface area contributed by atoms with E-state index in [4.69, 9.17) is 4.74 Å². The van der Waals surface area contributed by atoms with E-state index in [-0.39, 0.29) is 23.4 Å². The summed E-state index contributed by atoms with van der Waals surface area (Å²) in [6.45, 7) is 4.04. The van der Waals surface area contributed by atoms with Crippen molar-refractivity contribution in [2.24, 2.45) is 5.92 Å². The molecule has 2 aromatic carbocycles. The minimum Gasteiger partial charge on any atom is -0.507 e. The normalized spacial score (nSPS) is 11.9. The van der Waals surface area contributed by atoms with Crippen LogP contribution >= 0.6 is 0 Å². The summed E-state index contributed by atoms with van der Waals surface area (Å²) in [5, 5.41) is 20.5. The quantitative estimate of drug-likeness (QED) is 0.744. The second-order valence-corrected chi connectivity index (χ2v) is 5.92. The lowest BCUT2D eigenvalue weighted by molar-refractivity contribution is -0.147. The van der Waals surface area contributed by atoms with E-state index in [0.29, 0.717) is 25.0 Å². The molecule has 0 radical (unpaired) electrons. The van der Waals surface area contributed by atoms with Gasteiger partial charge in [0, 0.05) is 0 Å². The Kier molecular flexibility index (Phi) is 6.24. The number of phenols is 2. The average Bonchev–Trinajstić information content (AvgIpc) is 2.55. The monoisotopic (exact) mass is 328 g/mol. The highest BCUT2D eigenvalue weighted by molar-refractivity contribution is 5.76. The van der Waals surface area contributed by atoms with Crippen molar-refractivity contribution in [2.45, 2.75) is 33.1 Å². The van der Waals surface area contributed by atoms with Gasteiger partial charge in [-0.2, -0.15) is 0 Å². The second-order valence-electron chi connectivity index (χ2n) is 5.92. The van der Waals surface area contributed by atoms with Crippen molar-refractivity contribution in [1.82, 2.24) is 0 Å². The Bertz CT molecular complexity index is 656. The van der Waals surface area contributed by atoms with E-state index in [1.807, 2.05) is 37.3 Å². The summed E-state index contributed by atoms with van der Waals surface area (Å²) in [5.74, 6) is -0.192. The fourth-order valence-corrected chi connectivity index (χ4v) is 2.73. The van der Waals surface area contributed by atoms with Crippen molar-refractivity contribution < 1.29 is 19.7 Å². The summed E-state index contributed by atoms with van der Waals surface area (Å²) >= 11 is 0. The number of esters is 1. The van der Waals surface area contributed by atoms with Crippen LogP contribution in [0.5, 0.6) is 11.5 Å². The summed E-state index contributed by atoms with van der Waals surface area (Å²) in [6, 6.07) is 12.6. The van der Waals surface area contributed by atoms with E-state index in [1.165, 1.54) is 0 Å². The summed E-state index contributed by atoms with van der Waals surface area (Å²) in [4.78, 5) is 11.6. The summed E-state index contributed by atoms with van der Waals surface area (Å²) in [7, 11) is 0. The molecule has 0 aromatic heterocycles. The third-order valence-electron chi connectivity index (χ3n) is 4.01. The first-order valence-electron chi connectivity index (χ1n) is 8.29. The standard InChI is InChI=1S/C20H24O4/c1-3-24-20(23)14(2)8-7-9-15-12-17(21)19(18(22)13-15)16-10-5-4-6-11-16/h4-6,10-14,21-22H,3,7-9H2,1-2H3. The highest BCUT2D eigenvalue weighted by Gasteiger charge is 2.15. The molecule has 0 aliphatic rings. The Hall–Kier alpha value is -2.49. The van der Waals surface area contributed by atoms with Crippen LogP contribution < -0.4 is 0 Å². The molecular formula is C20H24O4. The highest BCUT2D eigenvalue weighted by Crippen LogP contribution is 2.38. The molecular weight excluding hydrogens is 304 g/mol. The number of hydrogen-bond acceptors (Lipinski definition) is 4. The lowest BCUT2D eigenvalue weighted by Crippen LogP contribution is -2.14. The number of hydrogen-bond donors (Lipinski definition) is 2. The molecule has 2 aromatic rings. The maximum absolute atomic E-state index is 11.6. The molecule has 0 bridgehead atoms. The molecule has 0 aliphatic carbocycles. The maximum atomic E-state index is 11.6. The van der Waals surface area contributed by atoms with Gasteiger partial charge in [-0.1, -0.05) is 37.3 Å². The van der Waals surface area contributed by atoms with Crippen molar-refractivity contribution in [2.75, 3.05) is 6.61 Å². The van der Waals surface area contributed by atoms with Gasteiger partial charge in [0.05, 0.1) is 18.1 Å². The SMILES string of the molecule is CCOC(=O)C(C)CCCc1cc(O)c(-c2ccccc2)c(O)c1. The van der Waals surface area contributed by atoms with Crippen LogP contribution in [0.15, 0.2) is 42.5 Å². The topological polar surface area (TPSA) is 66.8 Å². The van der Waals surface area contributed by atoms with Crippen molar-refractivity contribution in [3.8, 4) is 22.6 Å². The molecule has 1 unspecified atom stereocenters. The van der Waals surface area contributed by atoms with Gasteiger partial charge in [-0.05, 0) is 49.4 Å². The van der Waals surface area contributed by atoms with Crippen molar-refractivity contribution >= 4 is 5.97 Å². The first-order valence-corrected chi connectivity index (χ1v) is 8.29. The largest absolute Gasteiger partial charge is 0.507 e. The molecule has 24 heavy (non-hydrogen) atoms. The zero-order valence-electron chi connectivity index (χ0n) is 14.2. The predicted molar refractivity (Wildman–Crippen MR) is 93.9 cm³/mol. The van der Waals surface area contributed by atoms with Crippen LogP contribution in [0.1, 0.15) is 32.3 Å². The van der Waals surface area contributed by atoms with Crippen LogP contribution in [0.4, 0.5) is 0 Å². The number of benzene rings is 2. The predicted octanol–water partition coefficient (Wildman–Crippen LogP) is 4.29. The first-order chi connectivity index (χ1) is 11.5. The lowest BCUT2D eigenvalue weighted by atomic mass is 9.97. The van der Waals surface area contributed by atoms with Gasteiger partial charge in [0.15, 0.2) is 0 Å². The number of phenolic OH excluding ortho intramolecular Hbond substituents is 2. The summed E-state index contributed by atoms with van der Waals surface area (Å²) in [5.41, 5.74) is 2.06. The van der Waals surface area contributed by atoms with Gasteiger partial charge >= 0.3 is 5.97 Å². The van der Waals surface area contributed by atoms with Crippen molar-refractivity contribution in [3.05, 3.63) is 48.0 Å². The molecule has 2 N–H and O–H groups in total. The van der Waals surface area contributed by atoms with Crippen LogP contribution in [-0.4, -0.2) is 22.8 Å². The highest BCUT2D eigenvalue weighted by atomic mass is 16.5. The van der Waals surface area contributed by atoms with E-state index >= 15 is 0 Å². The number of aryl methyl sites for hydroxylation is 1. The number of carbonyl (C=O) groups is 1. The zero-order chi connectivity index (χ0) is 17.5. The minimum absolute atomic E-state index is 0.0645. The smallest absolute Gasteiger partial charge is 0.308 e. The van der Waals surface area contributed by atoms with Crippen LogP contribution in [0, 0.1) is 5.92 Å². The Morgan fingerprint density at radius 2 is 1.75 bits per heavy atom. The van der Waals surface area contributed by atoms with Gasteiger partial charge in [0.25, 0.3) is 0 Å². The van der Waals surface area contributed by atoms with Gasteiger partial charge < -0.3 is 14.9 Å². The van der Waals surface area contributed by atoms with Crippen molar-refractivity contribution in [3.63, 3.8) is 0 Å². The molecule has 128 valence electrons. The number of aromatic hydroxyl groups is 2. The van der Waals surface area contributed by atoms with E-state index in [1.54, 1.807) is 19.1 Å². The Morgan fingerprint density at radius 3 is 2.33 bits per heavy atom. The van der Waals surface area contributed by atoms with Crippen LogP contribution in [0.25, 0.3) is 11.1 Å². The summed E-state index contributed by atoms with van der Waals surface area (Å²) < 4.78 is 4.99. The minimum atomic E-state index is -0.178. The third-order valence-corrected chi connectivity index (χ3v) is 4.01. The number of ether oxygens (including phenoxy) is 1. The molecule has 0 fully saturated rings. The van der Waals surface area contributed by atoms with Gasteiger partial charge in [-0.25, -0.2) is 0 Å². The molecule has 0 spiro atoms. The second kappa shape index (κ2) is 8.39. The fraction of sp³-hybridized carbons (Fsp3) is 0.350. The molecule has 0 heterocycles. The third kappa shape index (κ3) is 4.51. The van der Waals surface area contributed by atoms with E-state index in [0.717, 1.165) is 17.5 Å². The van der Waals surface area contributed by atoms with E-state index < -0.39 is 0 Å². The maximum Gasteiger partial charge on any atom is 0.308 e. The van der Waals surface area contributed by atoms with E-state index in [9.17, 15) is 15.0 Å². The van der Waals surface area contributed by atoms with Crippen LogP contribution in [0.2, 0.25) is 0 Å². The summed E-state index contributed by atoms with van der Waals surface area (Å²) in [6.07, 6.45) is 2.17. The number of rotatable bonds is 7. The van der Waals surface area contributed by atoms with Crippen LogP contribution in [-0.2, 0) is 16.0 Å². The van der Waals surface area contributed by atoms with Gasteiger partial charge in [0.1, 0.15) is 11.5 Å². The van der Waals surface area contributed by atoms with E-state index in [2.05, 4.69) is 0 Å². The molecule has 2 rings (SSSR count). The Morgan fingerprint density at radius 1 is 1.12 bits per heavy atom. The van der Waals surface area contributed by atoms with Gasteiger partial charge in [-0.3, -0.25) is 4.79 Å². The molecule has 0 saturated carbocycles. The molecule has 0 saturated heterocycles. The Labute approximate surface area is 142 Å².